The van der Waals surface area contributed by atoms with Crippen molar-refractivity contribution in [1.82, 2.24) is 14.9 Å². The van der Waals surface area contributed by atoms with E-state index >= 15 is 0 Å². The summed E-state index contributed by atoms with van der Waals surface area (Å²) >= 11 is 8.64. The SMILES string of the molecule is Cn1cc(C(=O)NCc2ccc(Cl)cc2)c(=O)c2cc(COC[C@@H](O)COc3cncs3)sc21. The van der Waals surface area contributed by atoms with Crippen LogP contribution in [0, 0.1) is 0 Å². The van der Waals surface area contributed by atoms with Crippen molar-refractivity contribution in [2.45, 2.75) is 19.3 Å². The van der Waals surface area contributed by atoms with Crippen molar-refractivity contribution >= 4 is 50.4 Å². The van der Waals surface area contributed by atoms with E-state index in [1.807, 2.05) is 12.1 Å². The molecule has 0 spiro atoms. The molecular weight excluding hydrogens is 498 g/mol. The zero-order valence-electron chi connectivity index (χ0n) is 18.2. The monoisotopic (exact) mass is 519 g/mol. The van der Waals surface area contributed by atoms with Gasteiger partial charge in [0.25, 0.3) is 5.91 Å². The number of thiazole rings is 1. The minimum atomic E-state index is -0.793. The third-order valence-corrected chi connectivity index (χ3v) is 7.02. The summed E-state index contributed by atoms with van der Waals surface area (Å²) in [5.41, 5.74) is 2.27. The maximum Gasteiger partial charge on any atom is 0.257 e. The lowest BCUT2D eigenvalue weighted by Gasteiger charge is -2.10. The van der Waals surface area contributed by atoms with Gasteiger partial charge in [0, 0.05) is 29.7 Å². The van der Waals surface area contributed by atoms with Crippen molar-refractivity contribution in [2.24, 2.45) is 7.05 Å². The van der Waals surface area contributed by atoms with Crippen molar-refractivity contribution in [2.75, 3.05) is 13.2 Å². The minimum absolute atomic E-state index is 0.0740. The minimum Gasteiger partial charge on any atom is -0.480 e. The van der Waals surface area contributed by atoms with E-state index in [1.165, 1.54) is 22.7 Å². The van der Waals surface area contributed by atoms with Gasteiger partial charge in [-0.05, 0) is 23.8 Å². The predicted molar refractivity (Wildman–Crippen MR) is 133 cm³/mol. The van der Waals surface area contributed by atoms with Crippen LogP contribution in [0.4, 0.5) is 0 Å². The number of aliphatic hydroxyl groups is 1. The molecule has 8 nitrogen and oxygen atoms in total. The number of fused-ring (bicyclic) bond motifs is 1. The second-order valence-electron chi connectivity index (χ2n) is 7.52. The molecule has 2 N–H and O–H groups in total. The van der Waals surface area contributed by atoms with Crippen LogP contribution in [0.15, 0.2) is 53.0 Å². The summed E-state index contributed by atoms with van der Waals surface area (Å²) in [7, 11) is 1.79. The number of carbonyl (C=O) groups excluding carboxylic acids is 1. The highest BCUT2D eigenvalue weighted by molar-refractivity contribution is 7.18. The molecule has 1 amide bonds. The zero-order valence-corrected chi connectivity index (χ0v) is 20.6. The molecule has 34 heavy (non-hydrogen) atoms. The Hall–Kier alpha value is -2.76. The Bertz CT molecular complexity index is 1320. The lowest BCUT2D eigenvalue weighted by atomic mass is 10.2. The summed E-state index contributed by atoms with van der Waals surface area (Å²) in [6.45, 7) is 0.702. The number of aromatic nitrogens is 2. The van der Waals surface area contributed by atoms with Crippen LogP contribution in [0.2, 0.25) is 5.02 Å². The maximum atomic E-state index is 13.0. The van der Waals surface area contributed by atoms with Crippen LogP contribution in [0.1, 0.15) is 20.8 Å². The van der Waals surface area contributed by atoms with Gasteiger partial charge in [-0.2, -0.15) is 0 Å². The van der Waals surface area contributed by atoms with Gasteiger partial charge in [-0.3, -0.25) is 9.59 Å². The summed E-state index contributed by atoms with van der Waals surface area (Å²) in [6.07, 6.45) is 2.34. The first-order chi connectivity index (χ1) is 16.4. The first-order valence-corrected chi connectivity index (χ1v) is 12.4. The molecule has 0 fully saturated rings. The Kier molecular flexibility index (Phi) is 7.96. The Morgan fingerprint density at radius 1 is 1.29 bits per heavy atom. The van der Waals surface area contributed by atoms with Crippen LogP contribution in [0.3, 0.4) is 0 Å². The average Bonchev–Trinajstić information content (AvgIpc) is 3.50. The molecule has 178 valence electrons. The van der Waals surface area contributed by atoms with Crippen molar-refractivity contribution in [1.29, 1.82) is 0 Å². The number of carbonyl (C=O) groups is 1. The van der Waals surface area contributed by atoms with Gasteiger partial charge in [0.2, 0.25) is 5.43 Å². The third-order valence-electron chi connectivity index (χ3n) is 4.89. The number of halogens is 1. The first kappa shape index (κ1) is 24.4. The molecule has 11 heteroatoms. The highest BCUT2D eigenvalue weighted by Crippen LogP contribution is 2.24. The highest BCUT2D eigenvalue weighted by atomic mass is 35.5. The summed E-state index contributed by atoms with van der Waals surface area (Å²) < 4.78 is 12.8. The average molecular weight is 520 g/mol. The molecule has 1 atom stereocenters. The van der Waals surface area contributed by atoms with Crippen LogP contribution in [-0.4, -0.2) is 39.9 Å². The predicted octanol–water partition coefficient (Wildman–Crippen LogP) is 3.60. The van der Waals surface area contributed by atoms with Gasteiger partial charge in [0.15, 0.2) is 5.06 Å². The molecule has 0 saturated carbocycles. The summed E-state index contributed by atoms with van der Waals surface area (Å²) in [5.74, 6) is -0.439. The van der Waals surface area contributed by atoms with Gasteiger partial charge in [-0.25, -0.2) is 4.98 Å². The summed E-state index contributed by atoms with van der Waals surface area (Å²) in [5, 5.41) is 14.5. The van der Waals surface area contributed by atoms with Crippen molar-refractivity contribution in [3.63, 3.8) is 0 Å². The number of rotatable bonds is 10. The van der Waals surface area contributed by atoms with Gasteiger partial charge in [0.1, 0.15) is 23.1 Å². The Balaban J connectivity index is 1.37. The lowest BCUT2D eigenvalue weighted by Crippen LogP contribution is -2.29. The number of ether oxygens (including phenoxy) is 2. The highest BCUT2D eigenvalue weighted by Gasteiger charge is 2.17. The van der Waals surface area contributed by atoms with E-state index in [-0.39, 0.29) is 37.4 Å². The van der Waals surface area contributed by atoms with E-state index < -0.39 is 12.0 Å². The number of nitrogens with zero attached hydrogens (tertiary/aromatic N) is 2. The van der Waals surface area contributed by atoms with Crippen LogP contribution in [0.25, 0.3) is 10.2 Å². The maximum absolute atomic E-state index is 13.0. The van der Waals surface area contributed by atoms with Gasteiger partial charge < -0.3 is 24.5 Å². The fraction of sp³-hybridized carbons (Fsp3) is 0.261. The van der Waals surface area contributed by atoms with E-state index in [0.717, 1.165) is 15.3 Å². The fourth-order valence-corrected chi connectivity index (χ4v) is 4.86. The second kappa shape index (κ2) is 11.1. The third kappa shape index (κ3) is 6.02. The number of nitrogens with one attached hydrogen (secondary N) is 1. The molecular formula is C23H22ClN3O5S2. The second-order valence-corrected chi connectivity index (χ2v) is 9.92. The molecule has 4 aromatic rings. The normalized spacial score (nSPS) is 12.1. The number of benzene rings is 1. The van der Waals surface area contributed by atoms with E-state index in [9.17, 15) is 14.7 Å². The zero-order chi connectivity index (χ0) is 24.1. The van der Waals surface area contributed by atoms with Crippen LogP contribution < -0.4 is 15.5 Å². The molecule has 1 aromatic carbocycles. The van der Waals surface area contributed by atoms with E-state index in [2.05, 4.69) is 10.3 Å². The van der Waals surface area contributed by atoms with Gasteiger partial charge in [-0.15, -0.1) is 11.3 Å². The number of aryl methyl sites for hydroxylation is 1. The number of aliphatic hydroxyl groups excluding tert-OH is 1. The molecule has 3 heterocycles. The Morgan fingerprint density at radius 2 is 2.09 bits per heavy atom. The van der Waals surface area contributed by atoms with E-state index in [1.54, 1.807) is 47.7 Å². The standard InChI is InChI=1S/C23H22ClN3O5S2/c1-27-9-19(22(30)26-7-14-2-4-15(24)5-3-14)21(29)18-6-17(34-23(18)27)12-31-10-16(28)11-32-20-8-25-13-33-20/h2-6,8-9,13,16,28H,7,10-12H2,1H3,(H,26,30)/t16-/m1/s1. The first-order valence-electron chi connectivity index (χ1n) is 10.3. The summed E-state index contributed by atoms with van der Waals surface area (Å²) in [6, 6.07) is 8.86. The number of pyridine rings is 1. The number of hydrogen-bond acceptors (Lipinski definition) is 8. The van der Waals surface area contributed by atoms with Gasteiger partial charge >= 0.3 is 0 Å². The van der Waals surface area contributed by atoms with Gasteiger partial charge in [-0.1, -0.05) is 35.1 Å². The molecule has 0 aliphatic heterocycles. The molecule has 0 radical (unpaired) electrons. The van der Waals surface area contributed by atoms with Crippen LogP contribution in [-0.2, 0) is 24.9 Å². The molecule has 0 aliphatic carbocycles. The van der Waals surface area contributed by atoms with Crippen molar-refractivity contribution < 1.29 is 19.4 Å². The summed E-state index contributed by atoms with van der Waals surface area (Å²) in [4.78, 5) is 31.1. The molecule has 3 aromatic heterocycles. The molecule has 0 aliphatic rings. The number of amides is 1. The topological polar surface area (TPSA) is 103 Å². The fourth-order valence-electron chi connectivity index (χ4n) is 3.22. The molecule has 0 unspecified atom stereocenters. The van der Waals surface area contributed by atoms with Crippen molar-refractivity contribution in [3.05, 3.63) is 79.5 Å². The quantitative estimate of drug-likeness (QED) is 0.332. The lowest BCUT2D eigenvalue weighted by molar-refractivity contribution is 0.00691. The Labute approximate surface area is 208 Å². The van der Waals surface area contributed by atoms with E-state index in [0.29, 0.717) is 15.5 Å². The van der Waals surface area contributed by atoms with Gasteiger partial charge in [0.05, 0.1) is 30.3 Å². The number of thiophene rings is 1. The molecule has 4 rings (SSSR count). The smallest absolute Gasteiger partial charge is 0.257 e. The number of hydrogen-bond donors (Lipinski definition) is 2. The molecule has 0 bridgehead atoms. The van der Waals surface area contributed by atoms with Crippen LogP contribution >= 0.6 is 34.3 Å². The van der Waals surface area contributed by atoms with Crippen molar-refractivity contribution in [3.8, 4) is 5.06 Å². The van der Waals surface area contributed by atoms with E-state index in [4.69, 9.17) is 21.1 Å². The van der Waals surface area contributed by atoms with Crippen LogP contribution in [0.5, 0.6) is 5.06 Å². The largest absolute Gasteiger partial charge is 0.480 e. The molecule has 0 saturated heterocycles. The Morgan fingerprint density at radius 3 is 2.82 bits per heavy atom.